The van der Waals surface area contributed by atoms with E-state index < -0.39 is 0 Å². The fourth-order valence-corrected chi connectivity index (χ4v) is 2.48. The van der Waals surface area contributed by atoms with Crippen LogP contribution >= 0.6 is 43.6 Å². The maximum atomic E-state index is 5.66. The molecule has 0 saturated carbocycles. The van der Waals surface area contributed by atoms with E-state index >= 15 is 0 Å². The highest BCUT2D eigenvalue weighted by Gasteiger charge is 2.01. The Balaban J connectivity index is 2.47. The van der Waals surface area contributed by atoms with Gasteiger partial charge >= 0.3 is 0 Å². The van der Waals surface area contributed by atoms with Crippen LogP contribution in [-0.2, 0) is 5.33 Å². The molecule has 1 aromatic carbocycles. The van der Waals surface area contributed by atoms with Crippen LogP contribution in [-0.4, -0.2) is 18.1 Å². The Hall–Kier alpha value is 0.330. The van der Waals surface area contributed by atoms with Gasteiger partial charge in [0, 0.05) is 11.1 Å². The van der Waals surface area contributed by atoms with E-state index in [0.29, 0.717) is 0 Å². The van der Waals surface area contributed by atoms with Crippen LogP contribution in [0.3, 0.4) is 0 Å². The van der Waals surface area contributed by atoms with Gasteiger partial charge in [-0.1, -0.05) is 28.9 Å². The summed E-state index contributed by atoms with van der Waals surface area (Å²) in [5, 5.41) is 0.873. The van der Waals surface area contributed by atoms with Gasteiger partial charge in [-0.3, -0.25) is 0 Å². The van der Waals surface area contributed by atoms with Crippen LogP contribution in [0, 0.1) is 0 Å². The highest BCUT2D eigenvalue weighted by molar-refractivity contribution is 9.10. The van der Waals surface area contributed by atoms with Gasteiger partial charge in [-0.25, -0.2) is 0 Å². The lowest BCUT2D eigenvalue weighted by Gasteiger charge is -2.08. The first kappa shape index (κ1) is 13.4. The smallest absolute Gasteiger partial charge is 0.133 e. The summed E-state index contributed by atoms with van der Waals surface area (Å²) >= 11 is 8.82. The molecule has 1 aromatic rings. The van der Waals surface area contributed by atoms with E-state index in [-0.39, 0.29) is 0 Å². The Labute approximate surface area is 112 Å². The number of thioether (sulfide) groups is 1. The minimum absolute atomic E-state index is 0.769. The summed E-state index contributed by atoms with van der Waals surface area (Å²) in [7, 11) is 0. The van der Waals surface area contributed by atoms with Gasteiger partial charge in [-0.2, -0.15) is 11.8 Å². The third-order valence-electron chi connectivity index (χ3n) is 1.84. The maximum Gasteiger partial charge on any atom is 0.133 e. The predicted molar refractivity (Wildman–Crippen MR) is 75.3 cm³/mol. The van der Waals surface area contributed by atoms with Crippen molar-refractivity contribution in [3.63, 3.8) is 0 Å². The first-order valence-electron chi connectivity index (χ1n) is 4.83. The van der Waals surface area contributed by atoms with Crippen LogP contribution in [0.25, 0.3) is 0 Å². The zero-order chi connectivity index (χ0) is 11.1. The number of halogens is 2. The van der Waals surface area contributed by atoms with Gasteiger partial charge in [0.2, 0.25) is 0 Å². The maximum absolute atomic E-state index is 5.66. The second-order valence-electron chi connectivity index (χ2n) is 2.94. The van der Waals surface area contributed by atoms with Gasteiger partial charge in [0.15, 0.2) is 0 Å². The molecule has 0 bridgehead atoms. The first-order chi connectivity index (χ1) is 7.27. The molecule has 0 fully saturated rings. The van der Waals surface area contributed by atoms with Crippen LogP contribution in [0.1, 0.15) is 12.5 Å². The average Bonchev–Trinajstić information content (AvgIpc) is 2.26. The SMILES string of the molecule is CCSCCOc1ccc(CBr)cc1Br. The molecule has 0 heterocycles. The number of alkyl halides is 1. The second kappa shape index (κ2) is 7.58. The summed E-state index contributed by atoms with van der Waals surface area (Å²) in [4.78, 5) is 0. The van der Waals surface area contributed by atoms with Crippen molar-refractivity contribution in [2.45, 2.75) is 12.3 Å². The first-order valence-corrected chi connectivity index (χ1v) is 7.89. The Kier molecular flexibility index (Phi) is 6.77. The van der Waals surface area contributed by atoms with Crippen molar-refractivity contribution < 1.29 is 4.74 Å². The van der Waals surface area contributed by atoms with E-state index in [1.54, 1.807) is 0 Å². The fourth-order valence-electron chi connectivity index (χ4n) is 1.10. The van der Waals surface area contributed by atoms with Crippen molar-refractivity contribution in [3.8, 4) is 5.75 Å². The molecule has 0 aromatic heterocycles. The number of ether oxygens (including phenoxy) is 1. The molecule has 0 aliphatic rings. The highest BCUT2D eigenvalue weighted by atomic mass is 79.9. The predicted octanol–water partition coefficient (Wildman–Crippen LogP) is 4.48. The van der Waals surface area contributed by atoms with E-state index in [9.17, 15) is 0 Å². The number of hydrogen-bond donors (Lipinski definition) is 0. The van der Waals surface area contributed by atoms with Gasteiger partial charge in [0.1, 0.15) is 5.75 Å². The molecule has 84 valence electrons. The molecular weight excluding hydrogens is 340 g/mol. The molecule has 1 rings (SSSR count). The number of hydrogen-bond acceptors (Lipinski definition) is 2. The van der Waals surface area contributed by atoms with Crippen LogP contribution in [0.15, 0.2) is 22.7 Å². The molecule has 0 aliphatic carbocycles. The van der Waals surface area contributed by atoms with Crippen LogP contribution in [0.5, 0.6) is 5.75 Å². The normalized spacial score (nSPS) is 10.3. The van der Waals surface area contributed by atoms with E-state index in [1.807, 2.05) is 17.8 Å². The zero-order valence-electron chi connectivity index (χ0n) is 8.63. The minimum atomic E-state index is 0.769. The standard InChI is InChI=1S/C11H14Br2OS/c1-2-15-6-5-14-11-4-3-9(8-12)7-10(11)13/h3-4,7H,2,5-6,8H2,1H3. The quantitative estimate of drug-likeness (QED) is 0.551. The Morgan fingerprint density at radius 3 is 2.80 bits per heavy atom. The van der Waals surface area contributed by atoms with Crippen LogP contribution in [0.2, 0.25) is 0 Å². The summed E-state index contributed by atoms with van der Waals surface area (Å²) < 4.78 is 6.68. The van der Waals surface area contributed by atoms with E-state index in [0.717, 1.165) is 33.7 Å². The fraction of sp³-hybridized carbons (Fsp3) is 0.455. The minimum Gasteiger partial charge on any atom is -0.492 e. The Bertz CT molecular complexity index is 305. The molecule has 0 radical (unpaired) electrons. The van der Waals surface area contributed by atoms with Crippen LogP contribution < -0.4 is 4.74 Å². The highest BCUT2D eigenvalue weighted by Crippen LogP contribution is 2.26. The number of rotatable bonds is 6. The summed E-state index contributed by atoms with van der Waals surface area (Å²) in [6, 6.07) is 6.16. The third kappa shape index (κ3) is 4.79. The monoisotopic (exact) mass is 352 g/mol. The summed E-state index contributed by atoms with van der Waals surface area (Å²) in [5.74, 6) is 3.12. The van der Waals surface area contributed by atoms with E-state index in [1.165, 1.54) is 5.56 Å². The summed E-state index contributed by atoms with van der Waals surface area (Å²) in [6.07, 6.45) is 0. The van der Waals surface area contributed by atoms with Crippen molar-refractivity contribution >= 4 is 43.6 Å². The largest absolute Gasteiger partial charge is 0.492 e. The topological polar surface area (TPSA) is 9.23 Å². The molecule has 15 heavy (non-hydrogen) atoms. The Morgan fingerprint density at radius 1 is 1.40 bits per heavy atom. The van der Waals surface area contributed by atoms with Crippen molar-refractivity contribution in [2.24, 2.45) is 0 Å². The van der Waals surface area contributed by atoms with Gasteiger partial charge in [-0.05, 0) is 39.4 Å². The van der Waals surface area contributed by atoms with E-state index in [4.69, 9.17) is 4.74 Å². The molecule has 0 spiro atoms. The molecular formula is C11H14Br2OS. The molecule has 0 N–H and O–H groups in total. The van der Waals surface area contributed by atoms with Crippen LogP contribution in [0.4, 0.5) is 0 Å². The van der Waals surface area contributed by atoms with E-state index in [2.05, 4.69) is 50.9 Å². The van der Waals surface area contributed by atoms with Gasteiger partial charge in [0.05, 0.1) is 11.1 Å². The molecule has 1 nitrogen and oxygen atoms in total. The van der Waals surface area contributed by atoms with Crippen molar-refractivity contribution in [2.75, 3.05) is 18.1 Å². The molecule has 0 atom stereocenters. The van der Waals surface area contributed by atoms with Gasteiger partial charge < -0.3 is 4.74 Å². The molecule has 4 heteroatoms. The lowest BCUT2D eigenvalue weighted by Crippen LogP contribution is -2.01. The Morgan fingerprint density at radius 2 is 2.20 bits per heavy atom. The molecule has 0 saturated heterocycles. The lowest BCUT2D eigenvalue weighted by atomic mass is 10.2. The van der Waals surface area contributed by atoms with Crippen molar-refractivity contribution in [1.82, 2.24) is 0 Å². The van der Waals surface area contributed by atoms with Crippen molar-refractivity contribution in [3.05, 3.63) is 28.2 Å². The van der Waals surface area contributed by atoms with Gasteiger partial charge in [0.25, 0.3) is 0 Å². The zero-order valence-corrected chi connectivity index (χ0v) is 12.6. The molecule has 0 amide bonds. The third-order valence-corrected chi connectivity index (χ3v) is 3.97. The number of benzene rings is 1. The average molecular weight is 354 g/mol. The summed E-state index contributed by atoms with van der Waals surface area (Å²) in [6.45, 7) is 2.93. The molecule has 0 unspecified atom stereocenters. The lowest BCUT2D eigenvalue weighted by molar-refractivity contribution is 0.342. The summed E-state index contributed by atoms with van der Waals surface area (Å²) in [5.41, 5.74) is 1.25. The van der Waals surface area contributed by atoms with Gasteiger partial charge in [-0.15, -0.1) is 0 Å². The van der Waals surface area contributed by atoms with Crippen molar-refractivity contribution in [1.29, 1.82) is 0 Å². The second-order valence-corrected chi connectivity index (χ2v) is 5.75. The molecule has 0 aliphatic heterocycles.